The van der Waals surface area contributed by atoms with Crippen LogP contribution in [0.15, 0.2) is 11.6 Å². The van der Waals surface area contributed by atoms with Gasteiger partial charge in [0.05, 0.1) is 0 Å². The Morgan fingerprint density at radius 2 is 0.659 bits per heavy atom. The number of hydrogen-bond acceptors (Lipinski definition) is 1. The fourth-order valence-corrected chi connectivity index (χ4v) is 6.77. The van der Waals surface area contributed by atoms with E-state index in [-0.39, 0.29) is 0 Å². The summed E-state index contributed by atoms with van der Waals surface area (Å²) in [5.74, 6) is -0.0870. The number of carboxylic acids is 1. The Morgan fingerprint density at radius 1 is 0.432 bits per heavy atom. The SMILES string of the molecule is CCCCCCCCCCCCCCCCCCCCC(CC=C(C)C(=O)O)CCCCCCCCCCCCCCCC. The van der Waals surface area contributed by atoms with Gasteiger partial charge in [-0.05, 0) is 19.3 Å². The third-order valence-electron chi connectivity index (χ3n) is 10.0. The highest BCUT2D eigenvalue weighted by atomic mass is 16.4. The van der Waals surface area contributed by atoms with Crippen molar-refractivity contribution in [2.45, 2.75) is 245 Å². The Labute approximate surface area is 278 Å². The summed E-state index contributed by atoms with van der Waals surface area (Å²) in [5.41, 5.74) is 0.522. The molecule has 0 aliphatic rings. The second kappa shape index (κ2) is 36.7. The zero-order valence-electron chi connectivity index (χ0n) is 30.8. The summed E-state index contributed by atoms with van der Waals surface area (Å²) in [4.78, 5) is 11.3. The lowest BCUT2D eigenvalue weighted by atomic mass is 9.90. The van der Waals surface area contributed by atoms with Crippen molar-refractivity contribution in [1.29, 1.82) is 0 Å². The van der Waals surface area contributed by atoms with Crippen LogP contribution in [0, 0.1) is 5.92 Å². The van der Waals surface area contributed by atoms with Crippen LogP contribution < -0.4 is 0 Å². The zero-order chi connectivity index (χ0) is 32.2. The van der Waals surface area contributed by atoms with E-state index in [9.17, 15) is 9.90 Å². The van der Waals surface area contributed by atoms with Gasteiger partial charge in [-0.25, -0.2) is 4.79 Å². The summed E-state index contributed by atoms with van der Waals surface area (Å²) >= 11 is 0. The standard InChI is InChI=1S/C42H82O2/c1-4-6-8-10-12-14-16-18-20-21-22-23-25-27-29-31-33-35-37-41(39-38-40(3)42(43)44)36-34-32-30-28-26-24-19-17-15-13-11-9-7-5-2/h38,41H,4-37,39H2,1-3H3,(H,43,44). The molecule has 0 rings (SSSR count). The minimum atomic E-state index is -0.756. The number of rotatable bonds is 37. The lowest BCUT2D eigenvalue weighted by Gasteiger charge is -2.15. The van der Waals surface area contributed by atoms with Crippen molar-refractivity contribution in [3.8, 4) is 0 Å². The molecule has 1 unspecified atom stereocenters. The molecular formula is C42H82O2. The summed E-state index contributed by atoms with van der Waals surface area (Å²) < 4.78 is 0. The molecule has 0 saturated carbocycles. The molecule has 0 amide bonds. The van der Waals surface area contributed by atoms with Crippen LogP contribution in [0.5, 0.6) is 0 Å². The fourth-order valence-electron chi connectivity index (χ4n) is 6.77. The first-order chi connectivity index (χ1) is 21.6. The zero-order valence-corrected chi connectivity index (χ0v) is 30.8. The number of carboxylic acid groups (broad SMARTS) is 1. The molecule has 1 atom stereocenters. The van der Waals surface area contributed by atoms with E-state index in [0.717, 1.165) is 6.42 Å². The van der Waals surface area contributed by atoms with Crippen LogP contribution in [-0.2, 0) is 4.79 Å². The second-order valence-corrected chi connectivity index (χ2v) is 14.5. The Balaban J connectivity index is 3.74. The lowest BCUT2D eigenvalue weighted by molar-refractivity contribution is -0.132. The minimum Gasteiger partial charge on any atom is -0.478 e. The molecule has 0 aliphatic carbocycles. The van der Waals surface area contributed by atoms with Crippen LogP contribution in [-0.4, -0.2) is 11.1 Å². The number of aliphatic carboxylic acids is 1. The largest absolute Gasteiger partial charge is 0.478 e. The first-order valence-electron chi connectivity index (χ1n) is 20.5. The molecule has 0 saturated heterocycles. The van der Waals surface area contributed by atoms with E-state index >= 15 is 0 Å². The molecular weight excluding hydrogens is 536 g/mol. The van der Waals surface area contributed by atoms with E-state index in [1.165, 1.54) is 218 Å². The van der Waals surface area contributed by atoms with Crippen LogP contribution in [0.2, 0.25) is 0 Å². The summed E-state index contributed by atoms with van der Waals surface area (Å²) in [6.45, 7) is 6.34. The van der Waals surface area contributed by atoms with Crippen molar-refractivity contribution in [1.82, 2.24) is 0 Å². The van der Waals surface area contributed by atoms with Crippen molar-refractivity contribution in [2.24, 2.45) is 5.92 Å². The summed E-state index contributed by atoms with van der Waals surface area (Å²) in [7, 11) is 0. The highest BCUT2D eigenvalue weighted by Crippen LogP contribution is 2.24. The van der Waals surface area contributed by atoms with Crippen molar-refractivity contribution in [3.63, 3.8) is 0 Å². The van der Waals surface area contributed by atoms with E-state index in [1.807, 2.05) is 6.08 Å². The molecule has 1 N–H and O–H groups in total. The van der Waals surface area contributed by atoms with Crippen molar-refractivity contribution >= 4 is 5.97 Å². The highest BCUT2D eigenvalue weighted by Gasteiger charge is 2.09. The fraction of sp³-hybridized carbons (Fsp3) is 0.929. The molecule has 2 heteroatoms. The van der Waals surface area contributed by atoms with Gasteiger partial charge in [-0.3, -0.25) is 0 Å². The summed E-state index contributed by atoms with van der Waals surface area (Å²) in [6, 6.07) is 0. The molecule has 44 heavy (non-hydrogen) atoms. The Morgan fingerprint density at radius 3 is 0.886 bits per heavy atom. The van der Waals surface area contributed by atoms with Crippen molar-refractivity contribution in [2.75, 3.05) is 0 Å². The molecule has 0 fully saturated rings. The number of unbranched alkanes of at least 4 members (excludes halogenated alkanes) is 30. The average molecular weight is 619 g/mol. The molecule has 0 aromatic carbocycles. The monoisotopic (exact) mass is 619 g/mol. The van der Waals surface area contributed by atoms with Gasteiger partial charge in [0.15, 0.2) is 0 Å². The smallest absolute Gasteiger partial charge is 0.330 e. The number of carbonyl (C=O) groups is 1. The Bertz CT molecular complexity index is 595. The molecule has 0 heterocycles. The van der Waals surface area contributed by atoms with E-state index in [1.54, 1.807) is 6.92 Å². The molecule has 0 aliphatic heterocycles. The summed E-state index contributed by atoms with van der Waals surface area (Å²) in [6.07, 6.45) is 50.8. The molecule has 2 nitrogen and oxygen atoms in total. The molecule has 0 aromatic heterocycles. The maximum Gasteiger partial charge on any atom is 0.330 e. The van der Waals surface area contributed by atoms with Gasteiger partial charge in [-0.15, -0.1) is 0 Å². The quantitative estimate of drug-likeness (QED) is 0.0555. The van der Waals surface area contributed by atoms with Crippen molar-refractivity contribution < 1.29 is 9.90 Å². The van der Waals surface area contributed by atoms with Gasteiger partial charge in [-0.2, -0.15) is 0 Å². The Hall–Kier alpha value is -0.790. The first-order valence-corrected chi connectivity index (χ1v) is 20.5. The third kappa shape index (κ3) is 34.1. The van der Waals surface area contributed by atoms with Crippen LogP contribution in [0.1, 0.15) is 245 Å². The van der Waals surface area contributed by atoms with Crippen LogP contribution in [0.4, 0.5) is 0 Å². The van der Waals surface area contributed by atoms with Gasteiger partial charge in [0.1, 0.15) is 0 Å². The first kappa shape index (κ1) is 43.2. The van der Waals surface area contributed by atoms with E-state index < -0.39 is 5.97 Å². The predicted molar refractivity (Wildman–Crippen MR) is 198 cm³/mol. The van der Waals surface area contributed by atoms with Gasteiger partial charge in [0.25, 0.3) is 0 Å². The second-order valence-electron chi connectivity index (χ2n) is 14.5. The van der Waals surface area contributed by atoms with Gasteiger partial charge >= 0.3 is 5.97 Å². The van der Waals surface area contributed by atoms with Crippen LogP contribution in [0.3, 0.4) is 0 Å². The van der Waals surface area contributed by atoms with E-state index in [2.05, 4.69) is 13.8 Å². The minimum absolute atomic E-state index is 0.522. The van der Waals surface area contributed by atoms with E-state index in [0.29, 0.717) is 11.5 Å². The maximum absolute atomic E-state index is 11.3. The van der Waals surface area contributed by atoms with Gasteiger partial charge in [0, 0.05) is 5.57 Å². The maximum atomic E-state index is 11.3. The van der Waals surface area contributed by atoms with E-state index in [4.69, 9.17) is 0 Å². The molecule has 0 radical (unpaired) electrons. The summed E-state index contributed by atoms with van der Waals surface area (Å²) in [5, 5.41) is 9.27. The molecule has 0 spiro atoms. The predicted octanol–water partition coefficient (Wildman–Crippen LogP) is 15.3. The average Bonchev–Trinajstić information content (AvgIpc) is 3.02. The van der Waals surface area contributed by atoms with Crippen LogP contribution in [0.25, 0.3) is 0 Å². The molecule has 0 bridgehead atoms. The Kier molecular flexibility index (Phi) is 36.0. The van der Waals surface area contributed by atoms with Crippen LogP contribution >= 0.6 is 0 Å². The highest BCUT2D eigenvalue weighted by molar-refractivity contribution is 5.85. The van der Waals surface area contributed by atoms with Gasteiger partial charge < -0.3 is 5.11 Å². The number of hydrogen-bond donors (Lipinski definition) is 1. The third-order valence-corrected chi connectivity index (χ3v) is 10.0. The molecule has 0 aromatic rings. The normalized spacial score (nSPS) is 12.7. The molecule has 262 valence electrons. The lowest BCUT2D eigenvalue weighted by Crippen LogP contribution is -2.02. The van der Waals surface area contributed by atoms with Crippen molar-refractivity contribution in [3.05, 3.63) is 11.6 Å². The number of allylic oxidation sites excluding steroid dienone is 1. The topological polar surface area (TPSA) is 37.3 Å². The van der Waals surface area contributed by atoms with Gasteiger partial charge in [-0.1, -0.05) is 238 Å². The van der Waals surface area contributed by atoms with Gasteiger partial charge in [0.2, 0.25) is 0 Å².